The second kappa shape index (κ2) is 11.1. The fourth-order valence-corrected chi connectivity index (χ4v) is 5.17. The van der Waals surface area contributed by atoms with E-state index in [2.05, 4.69) is 51.8 Å². The minimum absolute atomic E-state index is 0.143. The second-order valence-electron chi connectivity index (χ2n) is 9.63. The quantitative estimate of drug-likeness (QED) is 0.208. The Labute approximate surface area is 201 Å². The number of terminal acetylenes is 1. The Hall–Kier alpha value is -2.51. The first-order valence-electron chi connectivity index (χ1n) is 11.2. The van der Waals surface area contributed by atoms with Crippen LogP contribution in [0.5, 0.6) is 0 Å². The molecular weight excluding hydrogens is 446 g/mol. The van der Waals surface area contributed by atoms with Gasteiger partial charge in [-0.1, -0.05) is 56.5 Å². The Morgan fingerprint density at radius 2 is 1.61 bits per heavy atom. The van der Waals surface area contributed by atoms with Crippen LogP contribution in [0.25, 0.3) is 0 Å². The maximum Gasteiger partial charge on any atom is 0.270 e. The van der Waals surface area contributed by atoms with E-state index < -0.39 is 18.3 Å². The molecule has 0 aliphatic heterocycles. The van der Waals surface area contributed by atoms with Crippen LogP contribution in [0, 0.1) is 31.2 Å². The molecule has 4 nitrogen and oxygen atoms in total. The zero-order valence-electron chi connectivity index (χ0n) is 20.6. The van der Waals surface area contributed by atoms with Gasteiger partial charge in [0.05, 0.1) is 4.90 Å². The Bertz CT molecular complexity index is 1140. The molecule has 0 N–H and O–H groups in total. The number of aryl methyl sites for hydroxylation is 1. The highest BCUT2D eigenvalue weighted by Gasteiger charge is 2.36. The molecule has 0 saturated carbocycles. The summed E-state index contributed by atoms with van der Waals surface area (Å²) in [7, 11) is -5.60. The van der Waals surface area contributed by atoms with Crippen molar-refractivity contribution < 1.29 is 12.8 Å². The number of sulfonamides is 1. The molecule has 2 aromatic carbocycles. The molecule has 176 valence electrons. The summed E-state index contributed by atoms with van der Waals surface area (Å²) in [6.45, 7) is 13.9. The average Bonchev–Trinajstić information content (AvgIpc) is 2.75. The molecule has 0 fully saturated rings. The average molecular weight is 482 g/mol. The normalized spacial score (nSPS) is 11.9. The maximum atomic E-state index is 13.3. The number of rotatable bonds is 8. The highest BCUT2D eigenvalue weighted by atomic mass is 32.2. The summed E-state index contributed by atoms with van der Waals surface area (Å²) in [5, 5.41) is 0.143. The Balaban J connectivity index is 2.21. The topological polar surface area (TPSA) is 46.6 Å². The van der Waals surface area contributed by atoms with Crippen LogP contribution in [-0.4, -0.2) is 34.2 Å². The van der Waals surface area contributed by atoms with Gasteiger partial charge in [0.1, 0.15) is 0 Å². The highest BCUT2D eigenvalue weighted by Crippen LogP contribution is 2.36. The number of unbranched alkanes of at least 4 members (excludes halogenated alkanes) is 1. The number of hydrogen-bond donors (Lipinski definition) is 0. The third-order valence-corrected chi connectivity index (χ3v) is 12.3. The van der Waals surface area contributed by atoms with Crippen LogP contribution in [0.4, 0.5) is 0 Å². The molecular formula is C27H35NO3SSi. The van der Waals surface area contributed by atoms with Crippen molar-refractivity contribution in [3.05, 3.63) is 65.2 Å². The van der Waals surface area contributed by atoms with Gasteiger partial charge in [0, 0.05) is 30.3 Å². The molecule has 0 amide bonds. The van der Waals surface area contributed by atoms with Crippen molar-refractivity contribution in [2.24, 2.45) is 0 Å². The van der Waals surface area contributed by atoms with Crippen molar-refractivity contribution in [1.29, 1.82) is 0 Å². The molecule has 2 aromatic rings. The molecule has 2 rings (SSSR count). The summed E-state index contributed by atoms with van der Waals surface area (Å²) >= 11 is 0. The number of hydrogen-bond acceptors (Lipinski definition) is 3. The third-order valence-electron chi connectivity index (χ3n) is 6.03. The molecule has 0 spiro atoms. The van der Waals surface area contributed by atoms with E-state index in [1.807, 2.05) is 19.1 Å². The summed E-state index contributed by atoms with van der Waals surface area (Å²) in [6, 6.07) is 16.9. The van der Waals surface area contributed by atoms with Crippen LogP contribution in [0.1, 0.15) is 50.3 Å². The van der Waals surface area contributed by atoms with Gasteiger partial charge >= 0.3 is 0 Å². The van der Waals surface area contributed by atoms with E-state index in [1.165, 1.54) is 4.31 Å². The van der Waals surface area contributed by atoms with Crippen molar-refractivity contribution in [2.45, 2.75) is 63.6 Å². The molecule has 0 unspecified atom stereocenters. The molecule has 0 atom stereocenters. The van der Waals surface area contributed by atoms with Gasteiger partial charge in [-0.05, 0) is 68.1 Å². The highest BCUT2D eigenvalue weighted by molar-refractivity contribution is 7.89. The van der Waals surface area contributed by atoms with E-state index in [9.17, 15) is 8.42 Å². The van der Waals surface area contributed by atoms with Crippen LogP contribution in [0.2, 0.25) is 18.1 Å². The van der Waals surface area contributed by atoms with Gasteiger partial charge < -0.3 is 4.43 Å². The number of nitrogens with zero attached hydrogens (tertiary/aromatic N) is 1. The number of benzene rings is 2. The van der Waals surface area contributed by atoms with E-state index in [0.29, 0.717) is 24.2 Å². The molecule has 6 heteroatoms. The molecule has 33 heavy (non-hydrogen) atoms. The Morgan fingerprint density at radius 3 is 2.18 bits per heavy atom. The van der Waals surface area contributed by atoms with E-state index in [0.717, 1.165) is 12.0 Å². The molecule has 0 saturated heterocycles. The van der Waals surface area contributed by atoms with E-state index in [4.69, 9.17) is 10.8 Å². The minimum Gasteiger partial charge on any atom is -0.417 e. The SMILES string of the molecule is C#Cc1ccccc1C#CN(CCCCO[Si](C)(C)C(C)(C)C)S(=O)(=O)c1ccc(C)cc1. The van der Waals surface area contributed by atoms with Crippen molar-refractivity contribution >= 4 is 18.3 Å². The Kier molecular flexibility index (Phi) is 8.97. The smallest absolute Gasteiger partial charge is 0.270 e. The summed E-state index contributed by atoms with van der Waals surface area (Å²) in [6.07, 6.45) is 6.97. The first-order chi connectivity index (χ1) is 15.4. The molecule has 0 aromatic heterocycles. The summed E-state index contributed by atoms with van der Waals surface area (Å²) < 4.78 is 34.1. The van der Waals surface area contributed by atoms with Gasteiger partial charge in [0.25, 0.3) is 10.0 Å². The summed E-state index contributed by atoms with van der Waals surface area (Å²) in [5.74, 6) is 5.57. The monoisotopic (exact) mass is 481 g/mol. The first kappa shape index (κ1) is 26.7. The van der Waals surface area contributed by atoms with Gasteiger partial charge in [-0.25, -0.2) is 12.7 Å². The predicted molar refractivity (Wildman–Crippen MR) is 139 cm³/mol. The maximum absolute atomic E-state index is 13.3. The van der Waals surface area contributed by atoms with Crippen molar-refractivity contribution in [2.75, 3.05) is 13.2 Å². The van der Waals surface area contributed by atoms with Gasteiger partial charge in [-0.15, -0.1) is 6.42 Å². The lowest BCUT2D eigenvalue weighted by Gasteiger charge is -2.36. The van der Waals surface area contributed by atoms with Crippen LogP contribution in [0.3, 0.4) is 0 Å². The van der Waals surface area contributed by atoms with Gasteiger partial charge in [-0.3, -0.25) is 0 Å². The Morgan fingerprint density at radius 1 is 1.00 bits per heavy atom. The molecule has 0 bridgehead atoms. The largest absolute Gasteiger partial charge is 0.417 e. The van der Waals surface area contributed by atoms with Crippen molar-refractivity contribution in [3.8, 4) is 24.3 Å². The zero-order chi connectivity index (χ0) is 24.7. The van der Waals surface area contributed by atoms with Crippen molar-refractivity contribution in [3.63, 3.8) is 0 Å². The molecule has 0 heterocycles. The lowest BCUT2D eigenvalue weighted by Crippen LogP contribution is -2.41. The minimum atomic E-state index is -3.77. The van der Waals surface area contributed by atoms with Gasteiger partial charge in [0.2, 0.25) is 0 Å². The van der Waals surface area contributed by atoms with Crippen LogP contribution in [0.15, 0.2) is 53.4 Å². The van der Waals surface area contributed by atoms with Crippen molar-refractivity contribution in [1.82, 2.24) is 4.31 Å². The molecule has 0 aliphatic carbocycles. The third kappa shape index (κ3) is 7.24. The fourth-order valence-electron chi connectivity index (χ4n) is 2.82. The fraction of sp³-hybridized carbons (Fsp3) is 0.407. The standard InChI is InChI=1S/C27H35NO3SSi/c1-8-24-13-9-10-14-25(24)19-21-28(32(29,30)26-17-15-23(2)16-18-26)20-11-12-22-31-33(6,7)27(3,4)5/h1,9-10,13-18H,11-12,20,22H2,2-7H3. The summed E-state index contributed by atoms with van der Waals surface area (Å²) in [4.78, 5) is 0.227. The lowest BCUT2D eigenvalue weighted by molar-refractivity contribution is 0.276. The van der Waals surface area contributed by atoms with Crippen LogP contribution >= 0.6 is 0 Å². The van der Waals surface area contributed by atoms with Gasteiger partial charge in [-0.2, -0.15) is 0 Å². The lowest BCUT2D eigenvalue weighted by atomic mass is 10.1. The zero-order valence-corrected chi connectivity index (χ0v) is 22.4. The summed E-state index contributed by atoms with van der Waals surface area (Å²) in [5.41, 5.74) is 2.27. The van der Waals surface area contributed by atoms with E-state index in [-0.39, 0.29) is 16.5 Å². The van der Waals surface area contributed by atoms with Crippen LogP contribution < -0.4 is 0 Å². The second-order valence-corrected chi connectivity index (χ2v) is 16.3. The van der Waals surface area contributed by atoms with E-state index in [1.54, 1.807) is 36.4 Å². The first-order valence-corrected chi connectivity index (χ1v) is 15.5. The van der Waals surface area contributed by atoms with E-state index >= 15 is 0 Å². The predicted octanol–water partition coefficient (Wildman–Crippen LogP) is 5.78. The van der Waals surface area contributed by atoms with Gasteiger partial charge in [0.15, 0.2) is 8.32 Å². The molecule has 0 aliphatic rings. The van der Waals surface area contributed by atoms with Crippen LogP contribution in [-0.2, 0) is 14.4 Å². The molecule has 0 radical (unpaired) electrons.